The average Bonchev–Trinajstić information content (AvgIpc) is 2.83. The highest BCUT2D eigenvalue weighted by atomic mass is 32.2. The lowest BCUT2D eigenvalue weighted by Crippen LogP contribution is -2.39. The number of hydrogen-bond donors (Lipinski definition) is 1. The quantitative estimate of drug-likeness (QED) is 0.686. The number of hydrogen-bond acceptors (Lipinski definition) is 5. The zero-order valence-corrected chi connectivity index (χ0v) is 12.3. The first-order valence-electron chi connectivity index (χ1n) is 5.57. The van der Waals surface area contributed by atoms with Gasteiger partial charge in [-0.25, -0.2) is 0 Å². The second kappa shape index (κ2) is 5.49. The SMILES string of the molecule is CC1CCC(C)N1C(=O)CSc1n[nH]c(=S)s1. The van der Waals surface area contributed by atoms with Crippen molar-refractivity contribution in [1.82, 2.24) is 15.1 Å². The minimum atomic E-state index is 0.202. The van der Waals surface area contributed by atoms with Gasteiger partial charge in [-0.3, -0.25) is 9.89 Å². The van der Waals surface area contributed by atoms with Gasteiger partial charge in [-0.15, -0.1) is 0 Å². The Hall–Kier alpha value is -0.400. The number of likely N-dealkylation sites (tertiary alicyclic amines) is 1. The lowest BCUT2D eigenvalue weighted by Gasteiger charge is -2.25. The summed E-state index contributed by atoms with van der Waals surface area (Å²) in [5.41, 5.74) is 0. The molecule has 0 aromatic carbocycles. The second-order valence-electron chi connectivity index (χ2n) is 4.24. The maximum absolute atomic E-state index is 12.1. The van der Waals surface area contributed by atoms with Crippen LogP contribution in [0.5, 0.6) is 0 Å². The third-order valence-electron chi connectivity index (χ3n) is 2.98. The number of nitrogens with zero attached hydrogens (tertiary/aromatic N) is 2. The lowest BCUT2D eigenvalue weighted by atomic mass is 10.2. The first-order chi connectivity index (χ1) is 8.08. The smallest absolute Gasteiger partial charge is 0.233 e. The van der Waals surface area contributed by atoms with Crippen LogP contribution in [0.1, 0.15) is 26.7 Å². The molecule has 2 heterocycles. The third-order valence-corrected chi connectivity index (χ3v) is 5.19. The number of aromatic nitrogens is 2. The van der Waals surface area contributed by atoms with Crippen molar-refractivity contribution in [3.63, 3.8) is 0 Å². The molecular weight excluding hydrogens is 274 g/mol. The van der Waals surface area contributed by atoms with Gasteiger partial charge >= 0.3 is 0 Å². The number of aromatic amines is 1. The fourth-order valence-electron chi connectivity index (χ4n) is 2.16. The molecule has 1 N–H and O–H groups in total. The summed E-state index contributed by atoms with van der Waals surface area (Å²) in [4.78, 5) is 14.1. The summed E-state index contributed by atoms with van der Waals surface area (Å²) in [7, 11) is 0. The maximum atomic E-state index is 12.1. The second-order valence-corrected chi connectivity index (χ2v) is 7.13. The minimum absolute atomic E-state index is 0.202. The first-order valence-corrected chi connectivity index (χ1v) is 7.78. The van der Waals surface area contributed by atoms with Crippen molar-refractivity contribution < 1.29 is 4.79 Å². The van der Waals surface area contributed by atoms with E-state index in [1.165, 1.54) is 23.1 Å². The van der Waals surface area contributed by atoms with E-state index in [0.717, 1.165) is 17.2 Å². The fraction of sp³-hybridized carbons (Fsp3) is 0.700. The molecule has 94 valence electrons. The molecule has 4 nitrogen and oxygen atoms in total. The van der Waals surface area contributed by atoms with Crippen LogP contribution >= 0.6 is 35.3 Å². The number of carbonyl (C=O) groups excluding carboxylic acids is 1. The highest BCUT2D eigenvalue weighted by Gasteiger charge is 2.31. The van der Waals surface area contributed by atoms with Crippen LogP contribution < -0.4 is 0 Å². The number of amides is 1. The van der Waals surface area contributed by atoms with Gasteiger partial charge in [-0.2, -0.15) is 5.10 Å². The van der Waals surface area contributed by atoms with Gasteiger partial charge in [0.15, 0.2) is 8.29 Å². The summed E-state index contributed by atoms with van der Waals surface area (Å²) < 4.78 is 1.49. The van der Waals surface area contributed by atoms with Crippen LogP contribution in [0, 0.1) is 3.95 Å². The Morgan fingerprint density at radius 1 is 1.59 bits per heavy atom. The lowest BCUT2D eigenvalue weighted by molar-refractivity contribution is -0.130. The normalized spacial score (nSPS) is 24.2. The van der Waals surface area contributed by atoms with E-state index >= 15 is 0 Å². The van der Waals surface area contributed by atoms with Crippen molar-refractivity contribution in [2.45, 2.75) is 43.1 Å². The van der Waals surface area contributed by atoms with E-state index in [0.29, 0.717) is 21.8 Å². The Morgan fingerprint density at radius 3 is 2.76 bits per heavy atom. The summed E-state index contributed by atoms with van der Waals surface area (Å²) in [5, 5.41) is 6.75. The van der Waals surface area contributed by atoms with E-state index in [-0.39, 0.29) is 5.91 Å². The molecule has 0 aliphatic carbocycles. The van der Waals surface area contributed by atoms with Crippen molar-refractivity contribution in [3.05, 3.63) is 3.95 Å². The monoisotopic (exact) mass is 289 g/mol. The summed E-state index contributed by atoms with van der Waals surface area (Å²) in [6, 6.07) is 0.742. The number of nitrogens with one attached hydrogen (secondary N) is 1. The molecule has 1 aromatic rings. The molecular formula is C10H15N3OS3. The van der Waals surface area contributed by atoms with Crippen LogP contribution in [0.3, 0.4) is 0 Å². The van der Waals surface area contributed by atoms with Gasteiger partial charge in [0, 0.05) is 12.1 Å². The molecule has 1 saturated heterocycles. The van der Waals surface area contributed by atoms with E-state index < -0.39 is 0 Å². The van der Waals surface area contributed by atoms with Crippen LogP contribution in [0.4, 0.5) is 0 Å². The molecule has 2 atom stereocenters. The Bertz CT molecular complexity index is 446. The molecule has 1 amide bonds. The zero-order chi connectivity index (χ0) is 12.4. The van der Waals surface area contributed by atoms with Gasteiger partial charge in [0.2, 0.25) is 5.91 Å². The summed E-state index contributed by atoms with van der Waals surface area (Å²) >= 11 is 7.82. The minimum Gasteiger partial charge on any atom is -0.337 e. The highest BCUT2D eigenvalue weighted by Crippen LogP contribution is 2.26. The molecule has 1 aliphatic rings. The summed E-state index contributed by atoms with van der Waals surface area (Å²) in [6.45, 7) is 4.23. The Labute approximate surface area is 114 Å². The van der Waals surface area contributed by atoms with Gasteiger partial charge < -0.3 is 4.90 Å². The van der Waals surface area contributed by atoms with Gasteiger partial charge in [0.1, 0.15) is 0 Å². The Morgan fingerprint density at radius 2 is 2.24 bits per heavy atom. The van der Waals surface area contributed by atoms with Crippen LogP contribution in [-0.4, -0.2) is 38.8 Å². The highest BCUT2D eigenvalue weighted by molar-refractivity contribution is 8.01. The van der Waals surface area contributed by atoms with Crippen molar-refractivity contribution in [1.29, 1.82) is 0 Å². The van der Waals surface area contributed by atoms with Crippen molar-refractivity contribution in [2.24, 2.45) is 0 Å². The van der Waals surface area contributed by atoms with E-state index in [9.17, 15) is 4.79 Å². The Kier molecular flexibility index (Phi) is 4.22. The molecule has 2 unspecified atom stereocenters. The molecule has 0 spiro atoms. The predicted molar refractivity (Wildman–Crippen MR) is 73.0 cm³/mol. The molecule has 1 aromatic heterocycles. The van der Waals surface area contributed by atoms with Crippen molar-refractivity contribution >= 4 is 41.2 Å². The van der Waals surface area contributed by atoms with Gasteiger partial charge in [0.25, 0.3) is 0 Å². The largest absolute Gasteiger partial charge is 0.337 e. The van der Waals surface area contributed by atoms with Crippen LogP contribution in [0.2, 0.25) is 0 Å². The molecule has 1 fully saturated rings. The topological polar surface area (TPSA) is 49.0 Å². The predicted octanol–water partition coefficient (Wildman–Crippen LogP) is 2.69. The molecule has 2 rings (SSSR count). The molecule has 0 radical (unpaired) electrons. The third kappa shape index (κ3) is 3.08. The Balaban J connectivity index is 1.91. The summed E-state index contributed by atoms with van der Waals surface area (Å²) in [6.07, 6.45) is 2.22. The molecule has 7 heteroatoms. The van der Waals surface area contributed by atoms with Crippen molar-refractivity contribution in [3.8, 4) is 0 Å². The first kappa shape index (κ1) is 13.0. The van der Waals surface area contributed by atoms with Crippen LogP contribution in [0.25, 0.3) is 0 Å². The van der Waals surface area contributed by atoms with E-state index in [4.69, 9.17) is 12.2 Å². The maximum Gasteiger partial charge on any atom is 0.233 e. The standard InChI is InChI=1S/C10H15N3OS3/c1-6-3-4-7(2)13(6)8(14)5-16-10-12-11-9(15)17-10/h6-7H,3-5H2,1-2H3,(H,11,15). The molecule has 0 saturated carbocycles. The van der Waals surface area contributed by atoms with Gasteiger partial charge in [-0.05, 0) is 38.9 Å². The van der Waals surface area contributed by atoms with Gasteiger partial charge in [0.05, 0.1) is 5.75 Å². The van der Waals surface area contributed by atoms with E-state index in [1.807, 2.05) is 4.90 Å². The van der Waals surface area contributed by atoms with E-state index in [1.54, 1.807) is 0 Å². The molecule has 17 heavy (non-hydrogen) atoms. The molecule has 1 aliphatic heterocycles. The van der Waals surface area contributed by atoms with Crippen LogP contribution in [0.15, 0.2) is 4.34 Å². The average molecular weight is 289 g/mol. The molecule has 0 bridgehead atoms. The number of thioether (sulfide) groups is 1. The van der Waals surface area contributed by atoms with Crippen LogP contribution in [-0.2, 0) is 4.79 Å². The number of carbonyl (C=O) groups is 1. The zero-order valence-electron chi connectivity index (χ0n) is 9.80. The fourth-order valence-corrected chi connectivity index (χ4v) is 4.11. The van der Waals surface area contributed by atoms with Crippen molar-refractivity contribution in [2.75, 3.05) is 5.75 Å². The van der Waals surface area contributed by atoms with Gasteiger partial charge in [-0.1, -0.05) is 23.1 Å². The summed E-state index contributed by atoms with van der Waals surface area (Å²) in [5.74, 6) is 0.652. The van der Waals surface area contributed by atoms with E-state index in [2.05, 4.69) is 24.0 Å². The number of H-pyrrole nitrogens is 1. The number of rotatable bonds is 3.